The molecule has 0 aromatic rings. The monoisotopic (exact) mass is 267 g/mol. The van der Waals surface area contributed by atoms with Crippen LogP contribution in [0.15, 0.2) is 0 Å². The minimum absolute atomic E-state index is 0.148. The summed E-state index contributed by atoms with van der Waals surface area (Å²) in [6.45, 7) is 2.73. The van der Waals surface area contributed by atoms with Gasteiger partial charge in [0.15, 0.2) is 0 Å². The van der Waals surface area contributed by atoms with E-state index in [4.69, 9.17) is 9.47 Å². The highest BCUT2D eigenvalue weighted by Gasteiger charge is 2.42. The molecule has 110 valence electrons. The number of rotatable bonds is 3. The number of nitrogens with one attached hydrogen (secondary N) is 1. The zero-order valence-electron chi connectivity index (χ0n) is 12.3. The molecule has 1 spiro atoms. The number of ether oxygens (including phenoxy) is 2. The van der Waals surface area contributed by atoms with Crippen LogP contribution in [-0.4, -0.2) is 38.5 Å². The Morgan fingerprint density at radius 1 is 1.00 bits per heavy atom. The molecule has 3 nitrogen and oxygen atoms in total. The van der Waals surface area contributed by atoms with Gasteiger partial charge in [0, 0.05) is 25.9 Å². The smallest absolute Gasteiger partial charge is 0.0729 e. The predicted molar refractivity (Wildman–Crippen MR) is 76.3 cm³/mol. The maximum Gasteiger partial charge on any atom is 0.0729 e. The van der Waals surface area contributed by atoms with Crippen LogP contribution < -0.4 is 5.32 Å². The Morgan fingerprint density at radius 2 is 1.74 bits per heavy atom. The molecular weight excluding hydrogens is 238 g/mol. The number of hydrogen-bond acceptors (Lipinski definition) is 3. The Hall–Kier alpha value is -0.120. The summed E-state index contributed by atoms with van der Waals surface area (Å²) in [4.78, 5) is 0. The van der Waals surface area contributed by atoms with Crippen molar-refractivity contribution >= 4 is 0 Å². The molecule has 2 heterocycles. The topological polar surface area (TPSA) is 30.5 Å². The molecule has 3 aliphatic rings. The highest BCUT2D eigenvalue weighted by Crippen LogP contribution is 2.41. The molecule has 0 aromatic carbocycles. The van der Waals surface area contributed by atoms with Crippen molar-refractivity contribution in [1.82, 2.24) is 5.32 Å². The van der Waals surface area contributed by atoms with Gasteiger partial charge in [-0.05, 0) is 57.4 Å². The van der Waals surface area contributed by atoms with Crippen molar-refractivity contribution in [3.8, 4) is 0 Å². The van der Waals surface area contributed by atoms with Gasteiger partial charge in [-0.2, -0.15) is 0 Å². The summed E-state index contributed by atoms with van der Waals surface area (Å²) in [5.74, 6) is 1.71. The van der Waals surface area contributed by atoms with Crippen molar-refractivity contribution in [2.45, 2.75) is 63.0 Å². The Kier molecular flexibility index (Phi) is 4.45. The van der Waals surface area contributed by atoms with Crippen LogP contribution in [0.3, 0.4) is 0 Å². The van der Waals surface area contributed by atoms with Gasteiger partial charge in [-0.3, -0.25) is 0 Å². The van der Waals surface area contributed by atoms with Gasteiger partial charge < -0.3 is 14.8 Å². The van der Waals surface area contributed by atoms with E-state index in [1.54, 1.807) is 0 Å². The Bertz CT molecular complexity index is 277. The number of hydrogen-bond donors (Lipinski definition) is 1. The zero-order chi connectivity index (χ0) is 13.1. The predicted octanol–water partition coefficient (Wildman–Crippen LogP) is 2.74. The van der Waals surface area contributed by atoms with Gasteiger partial charge in [0.05, 0.1) is 5.60 Å². The molecule has 1 saturated carbocycles. The molecule has 2 atom stereocenters. The first-order valence-electron chi connectivity index (χ1n) is 8.22. The van der Waals surface area contributed by atoms with E-state index >= 15 is 0 Å². The molecule has 0 radical (unpaired) electrons. The van der Waals surface area contributed by atoms with Gasteiger partial charge >= 0.3 is 0 Å². The fraction of sp³-hybridized carbons (Fsp3) is 1.00. The van der Waals surface area contributed by atoms with E-state index in [9.17, 15) is 0 Å². The summed E-state index contributed by atoms with van der Waals surface area (Å²) in [5, 5.41) is 3.65. The molecule has 3 rings (SSSR count). The Balaban J connectivity index is 1.65. The molecule has 0 aromatic heterocycles. The molecule has 2 aliphatic heterocycles. The maximum absolute atomic E-state index is 6.19. The van der Waals surface area contributed by atoms with Crippen LogP contribution in [0.4, 0.5) is 0 Å². The lowest BCUT2D eigenvalue weighted by Gasteiger charge is -2.46. The molecule has 19 heavy (non-hydrogen) atoms. The first kappa shape index (κ1) is 13.8. The molecule has 3 fully saturated rings. The minimum Gasteiger partial charge on any atom is -0.381 e. The molecule has 1 aliphatic carbocycles. The van der Waals surface area contributed by atoms with E-state index in [2.05, 4.69) is 12.4 Å². The minimum atomic E-state index is 0.148. The third-order valence-electron chi connectivity index (χ3n) is 5.68. The van der Waals surface area contributed by atoms with E-state index in [0.717, 1.165) is 44.5 Å². The van der Waals surface area contributed by atoms with Crippen molar-refractivity contribution in [1.29, 1.82) is 0 Å². The molecule has 0 amide bonds. The van der Waals surface area contributed by atoms with E-state index in [1.165, 1.54) is 38.5 Å². The standard InChI is InChI=1S/C16H29NO2/c1-17-15(13-4-2-3-5-13)14-6-9-19-16(12-14)7-10-18-11-8-16/h13-15,17H,2-12H2,1H3. The van der Waals surface area contributed by atoms with Gasteiger partial charge in [-0.25, -0.2) is 0 Å². The van der Waals surface area contributed by atoms with Gasteiger partial charge in [0.1, 0.15) is 0 Å². The van der Waals surface area contributed by atoms with Gasteiger partial charge in [-0.15, -0.1) is 0 Å². The van der Waals surface area contributed by atoms with Gasteiger partial charge in [0.2, 0.25) is 0 Å². The van der Waals surface area contributed by atoms with Gasteiger partial charge in [0.25, 0.3) is 0 Å². The van der Waals surface area contributed by atoms with Crippen LogP contribution in [0, 0.1) is 11.8 Å². The van der Waals surface area contributed by atoms with Crippen LogP contribution >= 0.6 is 0 Å². The quantitative estimate of drug-likeness (QED) is 0.853. The fourth-order valence-electron chi connectivity index (χ4n) is 4.64. The summed E-state index contributed by atoms with van der Waals surface area (Å²) >= 11 is 0. The van der Waals surface area contributed by atoms with Crippen LogP contribution in [0.1, 0.15) is 51.4 Å². The van der Waals surface area contributed by atoms with Crippen molar-refractivity contribution < 1.29 is 9.47 Å². The summed E-state index contributed by atoms with van der Waals surface area (Å²) in [6, 6.07) is 0.714. The molecule has 2 saturated heterocycles. The Labute approximate surface area is 117 Å². The molecule has 1 N–H and O–H groups in total. The second kappa shape index (κ2) is 6.11. The van der Waals surface area contributed by atoms with E-state index in [0.29, 0.717) is 6.04 Å². The van der Waals surface area contributed by atoms with Crippen molar-refractivity contribution in [2.75, 3.05) is 26.9 Å². The van der Waals surface area contributed by atoms with E-state index in [1.807, 2.05) is 0 Å². The SMILES string of the molecule is CNC(C1CCCC1)C1CCOC2(CCOCC2)C1. The Morgan fingerprint density at radius 3 is 2.42 bits per heavy atom. The van der Waals surface area contributed by atoms with Crippen LogP contribution in [0.5, 0.6) is 0 Å². The first-order valence-corrected chi connectivity index (χ1v) is 8.22. The molecular formula is C16H29NO2. The second-order valence-electron chi connectivity index (χ2n) is 6.76. The normalized spacial score (nSPS) is 33.6. The fourth-order valence-corrected chi connectivity index (χ4v) is 4.64. The van der Waals surface area contributed by atoms with Crippen molar-refractivity contribution in [3.63, 3.8) is 0 Å². The summed E-state index contributed by atoms with van der Waals surface area (Å²) in [5.41, 5.74) is 0.148. The summed E-state index contributed by atoms with van der Waals surface area (Å²) < 4.78 is 11.7. The summed E-state index contributed by atoms with van der Waals surface area (Å²) in [6.07, 6.45) is 10.4. The van der Waals surface area contributed by atoms with Crippen LogP contribution in [0.25, 0.3) is 0 Å². The molecule has 0 bridgehead atoms. The maximum atomic E-state index is 6.19. The average Bonchev–Trinajstić information content (AvgIpc) is 2.95. The van der Waals surface area contributed by atoms with Crippen LogP contribution in [-0.2, 0) is 9.47 Å². The summed E-state index contributed by atoms with van der Waals surface area (Å²) in [7, 11) is 2.16. The first-order chi connectivity index (χ1) is 9.33. The van der Waals surface area contributed by atoms with E-state index in [-0.39, 0.29) is 5.60 Å². The van der Waals surface area contributed by atoms with Crippen LogP contribution in [0.2, 0.25) is 0 Å². The largest absolute Gasteiger partial charge is 0.381 e. The molecule has 2 unspecified atom stereocenters. The van der Waals surface area contributed by atoms with Gasteiger partial charge in [-0.1, -0.05) is 12.8 Å². The highest BCUT2D eigenvalue weighted by atomic mass is 16.5. The lowest BCUT2D eigenvalue weighted by atomic mass is 9.74. The second-order valence-corrected chi connectivity index (χ2v) is 6.76. The van der Waals surface area contributed by atoms with E-state index < -0.39 is 0 Å². The van der Waals surface area contributed by atoms with Crippen molar-refractivity contribution in [2.24, 2.45) is 11.8 Å². The third kappa shape index (κ3) is 2.98. The lowest BCUT2D eigenvalue weighted by molar-refractivity contribution is -0.151. The third-order valence-corrected chi connectivity index (χ3v) is 5.68. The molecule has 3 heteroatoms. The zero-order valence-corrected chi connectivity index (χ0v) is 12.3. The average molecular weight is 267 g/mol. The van der Waals surface area contributed by atoms with Crippen molar-refractivity contribution in [3.05, 3.63) is 0 Å². The highest BCUT2D eigenvalue weighted by molar-refractivity contribution is 4.95. The lowest BCUT2D eigenvalue weighted by Crippen LogP contribution is -2.50.